The van der Waals surface area contributed by atoms with Gasteiger partial charge in [-0.05, 0) is 18.6 Å². The Morgan fingerprint density at radius 2 is 2.07 bits per heavy atom. The van der Waals surface area contributed by atoms with E-state index in [0.29, 0.717) is 4.47 Å². The van der Waals surface area contributed by atoms with Gasteiger partial charge in [0.05, 0.1) is 12.9 Å². The van der Waals surface area contributed by atoms with E-state index in [0.717, 1.165) is 11.8 Å². The number of hydrogen-bond donors (Lipinski definition) is 0. The molecule has 0 saturated heterocycles. The largest absolute Gasteiger partial charge is 0.265 e. The van der Waals surface area contributed by atoms with Gasteiger partial charge in [0.2, 0.25) is 0 Å². The molecule has 84 valence electrons. The van der Waals surface area contributed by atoms with Crippen molar-refractivity contribution >= 4 is 26.0 Å². The maximum absolute atomic E-state index is 13.3. The molecule has 0 aliphatic heterocycles. The summed E-state index contributed by atoms with van der Waals surface area (Å²) in [4.78, 5) is 0. The molecule has 0 radical (unpaired) electrons. The van der Waals surface area contributed by atoms with Gasteiger partial charge in [0.1, 0.15) is 5.82 Å². The fraction of sp³-hybridized carbons (Fsp3) is 0.333. The van der Waals surface area contributed by atoms with Crippen molar-refractivity contribution in [3.05, 3.63) is 33.5 Å². The summed E-state index contributed by atoms with van der Waals surface area (Å²) in [5, 5.41) is 0. The summed E-state index contributed by atoms with van der Waals surface area (Å²) in [6, 6.07) is 2.88. The monoisotopic (exact) mass is 296 g/mol. The van der Waals surface area contributed by atoms with E-state index in [1.807, 2.05) is 0 Å². The van der Waals surface area contributed by atoms with Crippen molar-refractivity contribution in [3.8, 4) is 0 Å². The van der Waals surface area contributed by atoms with Crippen LogP contribution < -0.4 is 0 Å². The molecule has 0 saturated carbocycles. The van der Waals surface area contributed by atoms with Crippen LogP contribution in [0.1, 0.15) is 11.1 Å². The third-order valence-electron chi connectivity index (χ3n) is 1.80. The number of rotatable bonds is 3. The van der Waals surface area contributed by atoms with Crippen LogP contribution in [0.25, 0.3) is 0 Å². The Bertz CT molecular complexity index is 470. The molecule has 0 N–H and O–H groups in total. The lowest BCUT2D eigenvalue weighted by Crippen LogP contribution is -2.05. The van der Waals surface area contributed by atoms with E-state index in [9.17, 15) is 12.8 Å². The SMILES string of the molecule is Cc1ccc(F)c(COS(C)(=O)=O)c1Br. The second-order valence-corrected chi connectivity index (χ2v) is 5.56. The zero-order chi connectivity index (χ0) is 11.6. The first kappa shape index (κ1) is 12.6. The molecule has 6 heteroatoms. The molecule has 3 nitrogen and oxygen atoms in total. The van der Waals surface area contributed by atoms with Gasteiger partial charge < -0.3 is 0 Å². The summed E-state index contributed by atoms with van der Waals surface area (Å²) in [6.07, 6.45) is 0.925. The third-order valence-corrected chi connectivity index (χ3v) is 3.45. The zero-order valence-electron chi connectivity index (χ0n) is 8.25. The first-order valence-corrected chi connectivity index (χ1v) is 6.70. The minimum atomic E-state index is -3.56. The molecule has 0 aliphatic rings. The topological polar surface area (TPSA) is 43.4 Å². The van der Waals surface area contributed by atoms with E-state index < -0.39 is 15.9 Å². The van der Waals surface area contributed by atoms with Crippen molar-refractivity contribution in [2.45, 2.75) is 13.5 Å². The first-order valence-electron chi connectivity index (χ1n) is 4.09. The second-order valence-electron chi connectivity index (χ2n) is 3.12. The van der Waals surface area contributed by atoms with Gasteiger partial charge in [-0.3, -0.25) is 4.18 Å². The molecule has 0 atom stereocenters. The molecule has 1 rings (SSSR count). The Labute approximate surface area is 96.5 Å². The molecule has 0 heterocycles. The molecular weight excluding hydrogens is 287 g/mol. The van der Waals surface area contributed by atoms with Crippen molar-refractivity contribution in [2.75, 3.05) is 6.26 Å². The van der Waals surface area contributed by atoms with Crippen LogP contribution in [0.4, 0.5) is 4.39 Å². The molecule has 0 unspecified atom stereocenters. The van der Waals surface area contributed by atoms with Crippen LogP contribution >= 0.6 is 15.9 Å². The van der Waals surface area contributed by atoms with E-state index in [-0.39, 0.29) is 12.2 Å². The van der Waals surface area contributed by atoms with Gasteiger partial charge in [0.25, 0.3) is 10.1 Å². The Morgan fingerprint density at radius 1 is 1.47 bits per heavy atom. The van der Waals surface area contributed by atoms with Gasteiger partial charge in [-0.2, -0.15) is 8.42 Å². The highest BCUT2D eigenvalue weighted by atomic mass is 79.9. The summed E-state index contributed by atoms with van der Waals surface area (Å²) in [6.45, 7) is 1.49. The minimum absolute atomic E-state index is 0.209. The van der Waals surface area contributed by atoms with E-state index in [2.05, 4.69) is 20.1 Å². The summed E-state index contributed by atoms with van der Waals surface area (Å²) in [5.74, 6) is -0.490. The molecule has 0 aromatic heterocycles. The van der Waals surface area contributed by atoms with Crippen LogP contribution in [-0.4, -0.2) is 14.7 Å². The molecule has 0 fully saturated rings. The van der Waals surface area contributed by atoms with Gasteiger partial charge >= 0.3 is 0 Å². The van der Waals surface area contributed by atoms with Crippen LogP contribution in [0.3, 0.4) is 0 Å². The van der Waals surface area contributed by atoms with Crippen molar-refractivity contribution in [2.24, 2.45) is 0 Å². The molecule has 1 aromatic rings. The van der Waals surface area contributed by atoms with Crippen LogP contribution in [-0.2, 0) is 20.9 Å². The molecule has 0 amide bonds. The average Bonchev–Trinajstić information content (AvgIpc) is 2.10. The Balaban J connectivity index is 2.99. The van der Waals surface area contributed by atoms with Gasteiger partial charge in [-0.15, -0.1) is 0 Å². The Morgan fingerprint density at radius 3 is 2.60 bits per heavy atom. The lowest BCUT2D eigenvalue weighted by atomic mass is 10.1. The predicted molar refractivity (Wildman–Crippen MR) is 58.5 cm³/mol. The van der Waals surface area contributed by atoms with Crippen molar-refractivity contribution in [1.82, 2.24) is 0 Å². The summed E-state index contributed by atoms with van der Waals surface area (Å²) in [5.41, 5.74) is 1.03. The van der Waals surface area contributed by atoms with Gasteiger partial charge in [-0.1, -0.05) is 22.0 Å². The maximum atomic E-state index is 13.3. The summed E-state index contributed by atoms with van der Waals surface area (Å²) < 4.78 is 39.9. The highest BCUT2D eigenvalue weighted by Crippen LogP contribution is 2.24. The van der Waals surface area contributed by atoms with Crippen LogP contribution in [0.5, 0.6) is 0 Å². The quantitative estimate of drug-likeness (QED) is 0.805. The Kier molecular flexibility index (Phi) is 3.86. The van der Waals surface area contributed by atoms with Crippen LogP contribution in [0.15, 0.2) is 16.6 Å². The lowest BCUT2D eigenvalue weighted by Gasteiger charge is -2.08. The standard InChI is InChI=1S/C9H10BrFO3S/c1-6-3-4-8(11)7(9(6)10)5-14-15(2,12)13/h3-4H,5H2,1-2H3. The van der Waals surface area contributed by atoms with Crippen molar-refractivity contribution in [3.63, 3.8) is 0 Å². The number of hydrogen-bond acceptors (Lipinski definition) is 3. The van der Waals surface area contributed by atoms with E-state index in [4.69, 9.17) is 0 Å². The average molecular weight is 297 g/mol. The van der Waals surface area contributed by atoms with Crippen molar-refractivity contribution in [1.29, 1.82) is 0 Å². The molecule has 1 aromatic carbocycles. The fourth-order valence-electron chi connectivity index (χ4n) is 1.01. The van der Waals surface area contributed by atoms with Crippen molar-refractivity contribution < 1.29 is 17.0 Å². The van der Waals surface area contributed by atoms with E-state index in [1.54, 1.807) is 13.0 Å². The molecule has 0 aliphatic carbocycles. The predicted octanol–water partition coefficient (Wildman–Crippen LogP) is 2.37. The van der Waals surface area contributed by atoms with Gasteiger partial charge in [-0.25, -0.2) is 4.39 Å². The summed E-state index contributed by atoms with van der Waals surface area (Å²) in [7, 11) is -3.56. The molecule has 0 spiro atoms. The molecule has 0 bridgehead atoms. The van der Waals surface area contributed by atoms with E-state index >= 15 is 0 Å². The summed E-state index contributed by atoms with van der Waals surface area (Å²) >= 11 is 3.18. The smallest absolute Gasteiger partial charge is 0.264 e. The fourth-order valence-corrected chi connectivity index (χ4v) is 1.78. The lowest BCUT2D eigenvalue weighted by molar-refractivity contribution is 0.305. The molecular formula is C9H10BrFO3S. The maximum Gasteiger partial charge on any atom is 0.264 e. The highest BCUT2D eigenvalue weighted by molar-refractivity contribution is 9.10. The normalized spacial score (nSPS) is 11.7. The van der Waals surface area contributed by atoms with Crippen LogP contribution in [0.2, 0.25) is 0 Å². The first-order chi connectivity index (χ1) is 6.81. The van der Waals surface area contributed by atoms with Gasteiger partial charge in [0.15, 0.2) is 0 Å². The minimum Gasteiger partial charge on any atom is -0.265 e. The number of aryl methyl sites for hydroxylation is 1. The van der Waals surface area contributed by atoms with Gasteiger partial charge in [0, 0.05) is 10.0 Å². The highest BCUT2D eigenvalue weighted by Gasteiger charge is 2.12. The number of halogens is 2. The molecule has 15 heavy (non-hydrogen) atoms. The third kappa shape index (κ3) is 3.55. The second kappa shape index (κ2) is 4.59. The Hall–Kier alpha value is -0.460. The zero-order valence-corrected chi connectivity index (χ0v) is 10.7. The number of benzene rings is 1. The van der Waals surface area contributed by atoms with E-state index in [1.165, 1.54) is 6.07 Å². The van der Waals surface area contributed by atoms with Crippen LogP contribution in [0, 0.1) is 12.7 Å².